The molecular weight excluding hydrogens is 242 g/mol. The molecule has 1 atom stereocenters. The van der Waals surface area contributed by atoms with E-state index in [-0.39, 0.29) is 0 Å². The van der Waals surface area contributed by atoms with Crippen molar-refractivity contribution in [3.8, 4) is 0 Å². The van der Waals surface area contributed by atoms with Gasteiger partial charge in [-0.3, -0.25) is 9.78 Å². The lowest BCUT2D eigenvalue weighted by atomic mass is 10.1. The van der Waals surface area contributed by atoms with Gasteiger partial charge < -0.3 is 5.11 Å². The summed E-state index contributed by atoms with van der Waals surface area (Å²) >= 11 is 0. The van der Waals surface area contributed by atoms with Gasteiger partial charge in [-0.25, -0.2) is 5.43 Å². The standard InChI is InChI=1S/C14H13N3O2/c18-13(12-4-2-1-3-5-12)14(19)17-16-10-11-6-8-15-9-7-11/h1-10,13,18H,(H,17,19)/b16-10+/t13-/m1/s1. The van der Waals surface area contributed by atoms with Crippen LogP contribution in [0.25, 0.3) is 0 Å². The minimum Gasteiger partial charge on any atom is -0.378 e. The van der Waals surface area contributed by atoms with E-state index in [1.165, 1.54) is 6.21 Å². The van der Waals surface area contributed by atoms with E-state index in [0.717, 1.165) is 5.56 Å². The average molecular weight is 255 g/mol. The van der Waals surface area contributed by atoms with Crippen LogP contribution < -0.4 is 5.43 Å². The number of rotatable bonds is 4. The Labute approximate surface area is 110 Å². The van der Waals surface area contributed by atoms with Crippen molar-refractivity contribution < 1.29 is 9.90 Å². The molecule has 0 bridgehead atoms. The van der Waals surface area contributed by atoms with Crippen LogP contribution in [0, 0.1) is 0 Å². The lowest BCUT2D eigenvalue weighted by Crippen LogP contribution is -2.25. The fourth-order valence-electron chi connectivity index (χ4n) is 1.47. The van der Waals surface area contributed by atoms with Gasteiger partial charge in [0.2, 0.25) is 0 Å². The molecule has 5 nitrogen and oxygen atoms in total. The summed E-state index contributed by atoms with van der Waals surface area (Å²) in [6.07, 6.45) is 3.51. The Morgan fingerprint density at radius 1 is 1.21 bits per heavy atom. The molecule has 0 unspecified atom stereocenters. The zero-order chi connectivity index (χ0) is 13.5. The number of nitrogens with zero attached hydrogens (tertiary/aromatic N) is 2. The minimum atomic E-state index is -1.23. The Kier molecular flexibility index (Phi) is 4.36. The van der Waals surface area contributed by atoms with Crippen molar-refractivity contribution in [2.24, 2.45) is 5.10 Å². The van der Waals surface area contributed by atoms with Crippen LogP contribution in [0.1, 0.15) is 17.2 Å². The topological polar surface area (TPSA) is 74.6 Å². The van der Waals surface area contributed by atoms with Gasteiger partial charge in [-0.1, -0.05) is 30.3 Å². The molecule has 0 aliphatic heterocycles. The monoisotopic (exact) mass is 255 g/mol. The second kappa shape index (κ2) is 6.42. The summed E-state index contributed by atoms with van der Waals surface area (Å²) in [4.78, 5) is 15.5. The average Bonchev–Trinajstić information content (AvgIpc) is 2.48. The molecule has 1 aromatic heterocycles. The number of carbonyl (C=O) groups excluding carboxylic acids is 1. The number of hydrogen-bond donors (Lipinski definition) is 2. The first-order chi connectivity index (χ1) is 9.27. The highest BCUT2D eigenvalue weighted by molar-refractivity contribution is 5.84. The predicted molar refractivity (Wildman–Crippen MR) is 71.4 cm³/mol. The smallest absolute Gasteiger partial charge is 0.273 e. The van der Waals surface area contributed by atoms with Crippen LogP contribution in [0.2, 0.25) is 0 Å². The highest BCUT2D eigenvalue weighted by Crippen LogP contribution is 2.11. The van der Waals surface area contributed by atoms with Gasteiger partial charge >= 0.3 is 0 Å². The minimum absolute atomic E-state index is 0.527. The molecule has 1 heterocycles. The second-order valence-corrected chi connectivity index (χ2v) is 3.83. The third-order valence-electron chi connectivity index (χ3n) is 2.46. The molecule has 5 heteroatoms. The third-order valence-corrected chi connectivity index (χ3v) is 2.46. The highest BCUT2D eigenvalue weighted by atomic mass is 16.3. The molecule has 0 spiro atoms. The number of aromatic nitrogens is 1. The molecular formula is C14H13N3O2. The van der Waals surface area contributed by atoms with Crippen molar-refractivity contribution in [1.82, 2.24) is 10.4 Å². The largest absolute Gasteiger partial charge is 0.378 e. The maximum atomic E-state index is 11.6. The summed E-state index contributed by atoms with van der Waals surface area (Å²) < 4.78 is 0. The van der Waals surface area contributed by atoms with Crippen molar-refractivity contribution in [2.75, 3.05) is 0 Å². The number of benzene rings is 1. The number of hydrogen-bond acceptors (Lipinski definition) is 4. The first kappa shape index (κ1) is 12.9. The van der Waals surface area contributed by atoms with Gasteiger partial charge in [-0.15, -0.1) is 0 Å². The summed E-state index contributed by atoms with van der Waals surface area (Å²) in [5.74, 6) is -0.573. The van der Waals surface area contributed by atoms with Gasteiger partial charge in [0.15, 0.2) is 6.10 Å². The Morgan fingerprint density at radius 3 is 2.58 bits per heavy atom. The Hall–Kier alpha value is -2.53. The molecule has 0 saturated heterocycles. The van der Waals surface area contributed by atoms with Gasteiger partial charge in [-0.05, 0) is 23.3 Å². The fraction of sp³-hybridized carbons (Fsp3) is 0.0714. The summed E-state index contributed by atoms with van der Waals surface area (Å²) in [6, 6.07) is 12.2. The lowest BCUT2D eigenvalue weighted by molar-refractivity contribution is -0.129. The van der Waals surface area contributed by atoms with Crippen molar-refractivity contribution >= 4 is 12.1 Å². The summed E-state index contributed by atoms with van der Waals surface area (Å²) in [7, 11) is 0. The molecule has 19 heavy (non-hydrogen) atoms. The van der Waals surface area contributed by atoms with Crippen LogP contribution in [0.4, 0.5) is 0 Å². The zero-order valence-electron chi connectivity index (χ0n) is 10.1. The molecule has 0 saturated carbocycles. The van der Waals surface area contributed by atoms with Crippen molar-refractivity contribution in [1.29, 1.82) is 0 Å². The maximum absolute atomic E-state index is 11.6. The predicted octanol–water partition coefficient (Wildman–Crippen LogP) is 1.27. The van der Waals surface area contributed by atoms with E-state index in [1.807, 2.05) is 6.07 Å². The number of nitrogens with one attached hydrogen (secondary N) is 1. The van der Waals surface area contributed by atoms with E-state index in [0.29, 0.717) is 5.56 Å². The molecule has 0 radical (unpaired) electrons. The summed E-state index contributed by atoms with van der Waals surface area (Å²) in [6.45, 7) is 0. The fourth-order valence-corrected chi connectivity index (χ4v) is 1.47. The zero-order valence-corrected chi connectivity index (χ0v) is 10.1. The number of amides is 1. The van der Waals surface area contributed by atoms with Crippen LogP contribution in [0.15, 0.2) is 60.0 Å². The van der Waals surface area contributed by atoms with E-state index in [1.54, 1.807) is 48.8 Å². The molecule has 0 aliphatic rings. The summed E-state index contributed by atoms with van der Waals surface area (Å²) in [5, 5.41) is 13.6. The van der Waals surface area contributed by atoms with E-state index in [2.05, 4.69) is 15.5 Å². The van der Waals surface area contributed by atoms with Gasteiger partial charge in [0.25, 0.3) is 5.91 Å². The van der Waals surface area contributed by atoms with Gasteiger partial charge in [0.05, 0.1) is 6.21 Å². The number of carbonyl (C=O) groups is 1. The van der Waals surface area contributed by atoms with Crippen LogP contribution >= 0.6 is 0 Å². The van der Waals surface area contributed by atoms with Crippen molar-refractivity contribution in [3.05, 3.63) is 66.0 Å². The van der Waals surface area contributed by atoms with E-state index in [9.17, 15) is 9.90 Å². The van der Waals surface area contributed by atoms with Crippen LogP contribution in [-0.2, 0) is 4.79 Å². The van der Waals surface area contributed by atoms with Gasteiger partial charge in [0.1, 0.15) is 0 Å². The highest BCUT2D eigenvalue weighted by Gasteiger charge is 2.15. The second-order valence-electron chi connectivity index (χ2n) is 3.83. The van der Waals surface area contributed by atoms with E-state index < -0.39 is 12.0 Å². The molecule has 2 N–H and O–H groups in total. The maximum Gasteiger partial charge on any atom is 0.273 e. The molecule has 96 valence electrons. The molecule has 0 fully saturated rings. The third kappa shape index (κ3) is 3.72. The molecule has 2 aromatic rings. The SMILES string of the molecule is O=C(N/N=C/c1ccncc1)[C@H](O)c1ccccc1. The Balaban J connectivity index is 1.93. The van der Waals surface area contributed by atoms with Gasteiger partial charge in [0, 0.05) is 12.4 Å². The number of aliphatic hydroxyl groups is 1. The summed E-state index contributed by atoms with van der Waals surface area (Å²) in [5.41, 5.74) is 3.63. The number of aliphatic hydroxyl groups excluding tert-OH is 1. The Morgan fingerprint density at radius 2 is 1.89 bits per heavy atom. The Bertz CT molecular complexity index is 555. The van der Waals surface area contributed by atoms with Crippen LogP contribution in [0.5, 0.6) is 0 Å². The van der Waals surface area contributed by atoms with Gasteiger partial charge in [-0.2, -0.15) is 5.10 Å². The molecule has 0 aliphatic carbocycles. The number of pyridine rings is 1. The van der Waals surface area contributed by atoms with E-state index in [4.69, 9.17) is 0 Å². The van der Waals surface area contributed by atoms with E-state index >= 15 is 0 Å². The van der Waals surface area contributed by atoms with Crippen LogP contribution in [-0.4, -0.2) is 22.2 Å². The van der Waals surface area contributed by atoms with Crippen LogP contribution in [0.3, 0.4) is 0 Å². The first-order valence-electron chi connectivity index (χ1n) is 5.73. The molecule has 2 rings (SSSR count). The molecule has 1 aromatic carbocycles. The normalized spacial score (nSPS) is 12.3. The lowest BCUT2D eigenvalue weighted by Gasteiger charge is -2.08. The molecule has 1 amide bonds. The van der Waals surface area contributed by atoms with Crippen molar-refractivity contribution in [2.45, 2.75) is 6.10 Å². The van der Waals surface area contributed by atoms with Crippen molar-refractivity contribution in [3.63, 3.8) is 0 Å². The first-order valence-corrected chi connectivity index (χ1v) is 5.73. The number of hydrazone groups is 1. The quantitative estimate of drug-likeness (QED) is 0.638.